The van der Waals surface area contributed by atoms with Gasteiger partial charge in [-0.05, 0) is 18.2 Å². The Hall–Kier alpha value is -1.56. The highest BCUT2D eigenvalue weighted by Gasteiger charge is 2.09. The van der Waals surface area contributed by atoms with Crippen LogP contribution in [-0.2, 0) is 6.54 Å². The van der Waals surface area contributed by atoms with Crippen molar-refractivity contribution in [2.45, 2.75) is 6.54 Å². The van der Waals surface area contributed by atoms with Crippen LogP contribution in [0.5, 0.6) is 5.75 Å². The molecule has 0 heterocycles. The van der Waals surface area contributed by atoms with Crippen LogP contribution in [0.15, 0.2) is 22.7 Å². The number of methoxy groups -OCH3 is 1. The van der Waals surface area contributed by atoms with Crippen molar-refractivity contribution in [3.8, 4) is 17.9 Å². The fourth-order valence-electron chi connectivity index (χ4n) is 1.48. The summed E-state index contributed by atoms with van der Waals surface area (Å²) in [5.74, 6) is 0.758. The quantitative estimate of drug-likeness (QED) is 0.782. The van der Waals surface area contributed by atoms with Crippen LogP contribution in [-0.4, -0.2) is 25.1 Å². The van der Waals surface area contributed by atoms with E-state index in [1.54, 1.807) is 12.0 Å². The van der Waals surface area contributed by atoms with Crippen LogP contribution in [0.2, 0.25) is 0 Å². The van der Waals surface area contributed by atoms with Crippen molar-refractivity contribution in [1.82, 2.24) is 4.90 Å². The molecule has 0 aliphatic rings. The monoisotopic (exact) mass is 293 g/mol. The first-order valence-electron chi connectivity index (χ1n) is 5.00. The number of nitriles is 2. The average Bonchev–Trinajstić information content (AvgIpc) is 2.30. The Bertz CT molecular complexity index is 446. The van der Waals surface area contributed by atoms with Gasteiger partial charge in [-0.3, -0.25) is 4.90 Å². The molecule has 0 saturated heterocycles. The van der Waals surface area contributed by atoms with E-state index in [4.69, 9.17) is 15.3 Å². The van der Waals surface area contributed by atoms with Crippen LogP contribution in [0.4, 0.5) is 0 Å². The van der Waals surface area contributed by atoms with Crippen LogP contribution in [0, 0.1) is 22.7 Å². The Balaban J connectivity index is 2.88. The highest BCUT2D eigenvalue weighted by atomic mass is 79.9. The van der Waals surface area contributed by atoms with Gasteiger partial charge in [0.05, 0.1) is 32.3 Å². The predicted octanol–water partition coefficient (Wildman–Crippen LogP) is 2.31. The molecular weight excluding hydrogens is 282 g/mol. The third kappa shape index (κ3) is 4.07. The standard InChI is InChI=1S/C12H12BrN3O/c1-17-12-3-2-11(13)8-10(12)9-16(6-4-14)7-5-15/h2-3,8H,6-7,9H2,1H3. The lowest BCUT2D eigenvalue weighted by molar-refractivity contribution is 0.323. The molecule has 1 aromatic rings. The van der Waals surface area contributed by atoms with Crippen LogP contribution in [0.25, 0.3) is 0 Å². The van der Waals surface area contributed by atoms with E-state index in [-0.39, 0.29) is 13.1 Å². The predicted molar refractivity (Wildman–Crippen MR) is 67.2 cm³/mol. The first-order chi connectivity index (χ1) is 8.21. The number of rotatable bonds is 5. The zero-order valence-electron chi connectivity index (χ0n) is 9.48. The van der Waals surface area contributed by atoms with Crippen molar-refractivity contribution in [3.63, 3.8) is 0 Å². The molecule has 17 heavy (non-hydrogen) atoms. The molecule has 0 aliphatic carbocycles. The van der Waals surface area contributed by atoms with Gasteiger partial charge in [0, 0.05) is 16.6 Å². The van der Waals surface area contributed by atoms with Crippen molar-refractivity contribution < 1.29 is 4.74 Å². The largest absolute Gasteiger partial charge is 0.496 e. The highest BCUT2D eigenvalue weighted by molar-refractivity contribution is 9.10. The Morgan fingerprint density at radius 2 is 1.94 bits per heavy atom. The van der Waals surface area contributed by atoms with E-state index in [0.717, 1.165) is 15.8 Å². The minimum atomic E-state index is 0.225. The first kappa shape index (κ1) is 13.5. The Morgan fingerprint density at radius 1 is 1.29 bits per heavy atom. The average molecular weight is 294 g/mol. The molecule has 0 N–H and O–H groups in total. The molecule has 0 bridgehead atoms. The Morgan fingerprint density at radius 3 is 2.47 bits per heavy atom. The van der Waals surface area contributed by atoms with E-state index < -0.39 is 0 Å². The highest BCUT2D eigenvalue weighted by Crippen LogP contribution is 2.24. The zero-order valence-corrected chi connectivity index (χ0v) is 11.1. The Labute approximate surface area is 109 Å². The molecule has 1 rings (SSSR count). The maximum absolute atomic E-state index is 8.68. The lowest BCUT2D eigenvalue weighted by Gasteiger charge is -2.17. The first-order valence-corrected chi connectivity index (χ1v) is 5.79. The van der Waals surface area contributed by atoms with E-state index in [1.807, 2.05) is 30.3 Å². The number of ether oxygens (including phenoxy) is 1. The van der Waals surface area contributed by atoms with Crippen molar-refractivity contribution >= 4 is 15.9 Å². The topological polar surface area (TPSA) is 60.0 Å². The number of hydrogen-bond donors (Lipinski definition) is 0. The molecule has 0 aliphatic heterocycles. The lowest BCUT2D eigenvalue weighted by atomic mass is 10.2. The normalized spacial score (nSPS) is 9.71. The summed E-state index contributed by atoms with van der Waals surface area (Å²) in [7, 11) is 1.60. The van der Waals surface area contributed by atoms with Crippen LogP contribution < -0.4 is 4.74 Å². The smallest absolute Gasteiger partial charge is 0.123 e. The van der Waals surface area contributed by atoms with Crippen LogP contribution in [0.1, 0.15) is 5.56 Å². The molecule has 88 valence electrons. The second-order valence-corrected chi connectivity index (χ2v) is 4.33. The minimum Gasteiger partial charge on any atom is -0.496 e. The molecule has 1 aromatic carbocycles. The maximum atomic E-state index is 8.68. The number of nitrogens with zero attached hydrogens (tertiary/aromatic N) is 3. The van der Waals surface area contributed by atoms with Gasteiger partial charge in [0.25, 0.3) is 0 Å². The van der Waals surface area contributed by atoms with Crippen molar-refractivity contribution in [2.75, 3.05) is 20.2 Å². The molecule has 0 fully saturated rings. The summed E-state index contributed by atoms with van der Waals surface area (Å²) in [6.07, 6.45) is 0. The molecule has 0 spiro atoms. The zero-order chi connectivity index (χ0) is 12.7. The van der Waals surface area contributed by atoms with Gasteiger partial charge in [0.1, 0.15) is 5.75 Å². The second kappa shape index (κ2) is 6.90. The van der Waals surface area contributed by atoms with Gasteiger partial charge >= 0.3 is 0 Å². The third-order valence-electron chi connectivity index (χ3n) is 2.23. The van der Waals surface area contributed by atoms with E-state index in [0.29, 0.717) is 6.54 Å². The lowest BCUT2D eigenvalue weighted by Crippen LogP contribution is -2.24. The van der Waals surface area contributed by atoms with E-state index >= 15 is 0 Å². The molecule has 0 radical (unpaired) electrons. The number of halogens is 1. The molecule has 0 unspecified atom stereocenters. The summed E-state index contributed by atoms with van der Waals surface area (Å²) in [4.78, 5) is 1.75. The molecule has 4 nitrogen and oxygen atoms in total. The van der Waals surface area contributed by atoms with Gasteiger partial charge in [-0.25, -0.2) is 0 Å². The van der Waals surface area contributed by atoms with Crippen molar-refractivity contribution in [3.05, 3.63) is 28.2 Å². The summed E-state index contributed by atoms with van der Waals surface area (Å²) in [6.45, 7) is 0.968. The summed E-state index contributed by atoms with van der Waals surface area (Å²) in [5.41, 5.74) is 0.951. The van der Waals surface area contributed by atoms with Gasteiger partial charge in [-0.2, -0.15) is 10.5 Å². The number of hydrogen-bond acceptors (Lipinski definition) is 4. The molecule has 0 aromatic heterocycles. The maximum Gasteiger partial charge on any atom is 0.123 e. The fourth-order valence-corrected chi connectivity index (χ4v) is 1.89. The van der Waals surface area contributed by atoms with Crippen LogP contribution in [0.3, 0.4) is 0 Å². The second-order valence-electron chi connectivity index (χ2n) is 3.42. The number of benzene rings is 1. The van der Waals surface area contributed by atoms with Gasteiger partial charge < -0.3 is 4.74 Å². The molecule has 0 amide bonds. The SMILES string of the molecule is COc1ccc(Br)cc1CN(CC#N)CC#N. The minimum absolute atomic E-state index is 0.225. The summed E-state index contributed by atoms with van der Waals surface area (Å²) in [6, 6.07) is 9.77. The van der Waals surface area contributed by atoms with Gasteiger partial charge in [-0.15, -0.1) is 0 Å². The van der Waals surface area contributed by atoms with Crippen LogP contribution >= 0.6 is 15.9 Å². The molecule has 0 atom stereocenters. The van der Waals surface area contributed by atoms with Crippen molar-refractivity contribution in [1.29, 1.82) is 10.5 Å². The third-order valence-corrected chi connectivity index (χ3v) is 2.72. The summed E-state index contributed by atoms with van der Waals surface area (Å²) in [5, 5.41) is 17.4. The van der Waals surface area contributed by atoms with E-state index in [2.05, 4.69) is 15.9 Å². The molecule has 0 saturated carbocycles. The Kier molecular flexibility index (Phi) is 5.48. The van der Waals surface area contributed by atoms with E-state index in [1.165, 1.54) is 0 Å². The fraction of sp³-hybridized carbons (Fsp3) is 0.333. The molecule has 5 heteroatoms. The summed E-state index contributed by atoms with van der Waals surface area (Å²) < 4.78 is 6.19. The van der Waals surface area contributed by atoms with Crippen molar-refractivity contribution in [2.24, 2.45) is 0 Å². The van der Waals surface area contributed by atoms with E-state index in [9.17, 15) is 0 Å². The van der Waals surface area contributed by atoms with Gasteiger partial charge in [0.15, 0.2) is 0 Å². The summed E-state index contributed by atoms with van der Waals surface area (Å²) >= 11 is 3.39. The van der Waals surface area contributed by atoms with Gasteiger partial charge in [-0.1, -0.05) is 15.9 Å². The van der Waals surface area contributed by atoms with Gasteiger partial charge in [0.2, 0.25) is 0 Å². The molecular formula is C12H12BrN3O.